The number of aromatic nitrogens is 2. The summed E-state index contributed by atoms with van der Waals surface area (Å²) in [5.41, 5.74) is 0. The predicted molar refractivity (Wildman–Crippen MR) is 49.5 cm³/mol. The summed E-state index contributed by atoms with van der Waals surface area (Å²) in [7, 11) is 0. The minimum atomic E-state index is -0.171. The molecular formula is C9H15N3O2. The molecule has 1 unspecified atom stereocenters. The Balaban J connectivity index is 1.89. The van der Waals surface area contributed by atoms with Crippen LogP contribution in [0, 0.1) is 5.92 Å². The van der Waals surface area contributed by atoms with Crippen LogP contribution >= 0.6 is 0 Å². The Labute approximate surface area is 82.5 Å². The molecule has 0 spiro atoms. The molecule has 1 aliphatic rings. The van der Waals surface area contributed by atoms with Gasteiger partial charge in [-0.25, -0.2) is 0 Å². The lowest BCUT2D eigenvalue weighted by Gasteiger charge is -2.20. The fourth-order valence-electron chi connectivity index (χ4n) is 1.79. The summed E-state index contributed by atoms with van der Waals surface area (Å²) in [6, 6.07) is 0. The van der Waals surface area contributed by atoms with Crippen LogP contribution in [0.25, 0.3) is 0 Å². The van der Waals surface area contributed by atoms with E-state index in [-0.39, 0.29) is 6.61 Å². The third kappa shape index (κ3) is 2.30. The summed E-state index contributed by atoms with van der Waals surface area (Å²) < 4.78 is 4.82. The molecule has 1 atom stereocenters. The molecular weight excluding hydrogens is 182 g/mol. The molecule has 1 aromatic rings. The highest BCUT2D eigenvalue weighted by molar-refractivity contribution is 4.88. The van der Waals surface area contributed by atoms with E-state index in [4.69, 9.17) is 9.63 Å². The molecule has 1 aromatic heterocycles. The molecule has 1 fully saturated rings. The van der Waals surface area contributed by atoms with Crippen molar-refractivity contribution >= 4 is 0 Å². The van der Waals surface area contributed by atoms with Crippen molar-refractivity contribution in [2.45, 2.75) is 25.9 Å². The minimum absolute atomic E-state index is 0.171. The Bertz CT molecular complexity index is 281. The van der Waals surface area contributed by atoms with Gasteiger partial charge in [-0.2, -0.15) is 4.98 Å². The van der Waals surface area contributed by atoms with Crippen LogP contribution in [0.5, 0.6) is 0 Å². The number of aliphatic hydroxyl groups excluding tert-OH is 1. The maximum atomic E-state index is 8.75. The minimum Gasteiger partial charge on any atom is -0.387 e. The third-order valence-corrected chi connectivity index (χ3v) is 2.52. The number of hydrogen-bond acceptors (Lipinski definition) is 5. The van der Waals surface area contributed by atoms with E-state index in [1.165, 1.54) is 12.8 Å². The Morgan fingerprint density at radius 1 is 1.57 bits per heavy atom. The molecule has 2 heterocycles. The van der Waals surface area contributed by atoms with Crippen LogP contribution in [0.15, 0.2) is 4.52 Å². The molecule has 1 saturated heterocycles. The number of rotatable bonds is 3. The van der Waals surface area contributed by atoms with E-state index in [0.29, 0.717) is 17.6 Å². The van der Waals surface area contributed by atoms with Crippen LogP contribution in [0.1, 0.15) is 24.6 Å². The molecule has 0 aromatic carbocycles. The molecule has 0 saturated carbocycles. The molecule has 0 radical (unpaired) electrons. The van der Waals surface area contributed by atoms with Crippen molar-refractivity contribution in [1.29, 1.82) is 0 Å². The maximum Gasteiger partial charge on any atom is 0.252 e. The third-order valence-electron chi connectivity index (χ3n) is 2.52. The van der Waals surface area contributed by atoms with Gasteiger partial charge >= 0.3 is 0 Å². The van der Waals surface area contributed by atoms with Gasteiger partial charge in [0, 0.05) is 6.42 Å². The van der Waals surface area contributed by atoms with Gasteiger partial charge in [0.1, 0.15) is 6.61 Å². The molecule has 2 N–H and O–H groups in total. The largest absolute Gasteiger partial charge is 0.387 e. The Morgan fingerprint density at radius 3 is 3.14 bits per heavy atom. The first kappa shape index (κ1) is 9.61. The van der Waals surface area contributed by atoms with Gasteiger partial charge in [0.15, 0.2) is 5.82 Å². The van der Waals surface area contributed by atoms with Gasteiger partial charge in [-0.15, -0.1) is 0 Å². The highest BCUT2D eigenvalue weighted by Gasteiger charge is 2.16. The van der Waals surface area contributed by atoms with Gasteiger partial charge in [0.05, 0.1) is 0 Å². The number of nitrogens with zero attached hydrogens (tertiary/aromatic N) is 2. The summed E-state index contributed by atoms with van der Waals surface area (Å²) in [6.07, 6.45) is 3.28. The topological polar surface area (TPSA) is 71.2 Å². The summed E-state index contributed by atoms with van der Waals surface area (Å²) in [6.45, 7) is 1.98. The first-order chi connectivity index (χ1) is 6.88. The Kier molecular flexibility index (Phi) is 3.10. The Morgan fingerprint density at radius 2 is 2.50 bits per heavy atom. The normalized spacial score (nSPS) is 22.5. The van der Waals surface area contributed by atoms with E-state index in [0.717, 1.165) is 19.5 Å². The van der Waals surface area contributed by atoms with Crippen LogP contribution in [0.4, 0.5) is 0 Å². The highest BCUT2D eigenvalue weighted by Crippen LogP contribution is 2.14. The molecule has 14 heavy (non-hydrogen) atoms. The van der Waals surface area contributed by atoms with E-state index < -0.39 is 0 Å². The molecule has 0 aliphatic carbocycles. The zero-order valence-electron chi connectivity index (χ0n) is 8.07. The average molecular weight is 197 g/mol. The van der Waals surface area contributed by atoms with E-state index in [1.807, 2.05) is 0 Å². The lowest BCUT2D eigenvalue weighted by molar-refractivity contribution is 0.222. The van der Waals surface area contributed by atoms with E-state index >= 15 is 0 Å². The second kappa shape index (κ2) is 4.52. The number of aliphatic hydroxyl groups is 1. The SMILES string of the molecule is OCc1nc(CC2CCCNC2)no1. The second-order valence-corrected chi connectivity index (χ2v) is 3.68. The first-order valence-corrected chi connectivity index (χ1v) is 5.01. The standard InChI is InChI=1S/C9H15N3O2/c13-6-9-11-8(12-14-9)4-7-2-1-3-10-5-7/h7,10,13H,1-6H2. The fourth-order valence-corrected chi connectivity index (χ4v) is 1.79. The van der Waals surface area contributed by atoms with Crippen molar-refractivity contribution in [2.75, 3.05) is 13.1 Å². The highest BCUT2D eigenvalue weighted by atomic mass is 16.5. The number of hydrogen-bond donors (Lipinski definition) is 2. The number of nitrogens with one attached hydrogen (secondary N) is 1. The zero-order chi connectivity index (χ0) is 9.80. The molecule has 78 valence electrons. The van der Waals surface area contributed by atoms with Gasteiger partial charge in [0.2, 0.25) is 0 Å². The quantitative estimate of drug-likeness (QED) is 0.719. The summed E-state index contributed by atoms with van der Waals surface area (Å²) in [4.78, 5) is 4.07. The van der Waals surface area contributed by atoms with Gasteiger partial charge < -0.3 is 14.9 Å². The van der Waals surface area contributed by atoms with E-state index in [2.05, 4.69) is 15.5 Å². The molecule has 0 amide bonds. The van der Waals surface area contributed by atoms with Crippen molar-refractivity contribution < 1.29 is 9.63 Å². The van der Waals surface area contributed by atoms with Crippen LogP contribution in [0.2, 0.25) is 0 Å². The Hall–Kier alpha value is -0.940. The second-order valence-electron chi connectivity index (χ2n) is 3.68. The van der Waals surface area contributed by atoms with E-state index in [1.54, 1.807) is 0 Å². The van der Waals surface area contributed by atoms with Gasteiger partial charge in [0.25, 0.3) is 5.89 Å². The molecule has 5 nitrogen and oxygen atoms in total. The molecule has 2 rings (SSSR count). The molecule has 0 bridgehead atoms. The molecule has 5 heteroatoms. The first-order valence-electron chi connectivity index (χ1n) is 5.01. The monoisotopic (exact) mass is 197 g/mol. The predicted octanol–water partition coefficient (Wildman–Crippen LogP) is 0.104. The maximum absolute atomic E-state index is 8.75. The lowest BCUT2D eigenvalue weighted by Crippen LogP contribution is -2.31. The van der Waals surface area contributed by atoms with Crippen molar-refractivity contribution in [3.8, 4) is 0 Å². The van der Waals surface area contributed by atoms with Gasteiger partial charge in [-0.3, -0.25) is 0 Å². The fraction of sp³-hybridized carbons (Fsp3) is 0.778. The van der Waals surface area contributed by atoms with E-state index in [9.17, 15) is 0 Å². The van der Waals surface area contributed by atoms with Crippen molar-refractivity contribution in [3.63, 3.8) is 0 Å². The number of piperidine rings is 1. The van der Waals surface area contributed by atoms with Crippen molar-refractivity contribution in [1.82, 2.24) is 15.5 Å². The summed E-state index contributed by atoms with van der Waals surface area (Å²) in [5, 5.41) is 15.9. The van der Waals surface area contributed by atoms with Crippen LogP contribution in [0.3, 0.4) is 0 Å². The van der Waals surface area contributed by atoms with Crippen molar-refractivity contribution in [2.24, 2.45) is 5.92 Å². The van der Waals surface area contributed by atoms with Gasteiger partial charge in [-0.05, 0) is 31.8 Å². The zero-order valence-corrected chi connectivity index (χ0v) is 8.07. The summed E-state index contributed by atoms with van der Waals surface area (Å²) in [5.74, 6) is 1.62. The smallest absolute Gasteiger partial charge is 0.252 e. The van der Waals surface area contributed by atoms with Crippen LogP contribution in [-0.4, -0.2) is 28.3 Å². The van der Waals surface area contributed by atoms with Crippen LogP contribution < -0.4 is 5.32 Å². The lowest BCUT2D eigenvalue weighted by atomic mass is 9.96. The van der Waals surface area contributed by atoms with Crippen molar-refractivity contribution in [3.05, 3.63) is 11.7 Å². The summed E-state index contributed by atoms with van der Waals surface area (Å²) >= 11 is 0. The van der Waals surface area contributed by atoms with Gasteiger partial charge in [-0.1, -0.05) is 5.16 Å². The van der Waals surface area contributed by atoms with Crippen LogP contribution in [-0.2, 0) is 13.0 Å². The average Bonchev–Trinajstić information content (AvgIpc) is 2.67. The molecule has 1 aliphatic heterocycles.